The van der Waals surface area contributed by atoms with E-state index in [2.05, 4.69) is 6.07 Å². The van der Waals surface area contributed by atoms with Crippen molar-refractivity contribution in [1.82, 2.24) is 0 Å². The molecule has 0 aromatic heterocycles. The number of hydrogen-bond donors (Lipinski definition) is 0. The van der Waals surface area contributed by atoms with Crippen LogP contribution >= 0.6 is 0 Å². The van der Waals surface area contributed by atoms with Crippen LogP contribution in [0.2, 0.25) is 0 Å². The Labute approximate surface area is 61.0 Å². The zero-order valence-electron chi connectivity index (χ0n) is 6.01. The molecular formula is C9H11N. The maximum atomic E-state index is 8.99. The Hall–Kier alpha value is -0.510. The first-order valence-electron chi connectivity index (χ1n) is 4.25. The number of nitrogens with zero attached hydrogens (tertiary/aromatic N) is 1. The third kappa shape index (κ3) is 0.339. The summed E-state index contributed by atoms with van der Waals surface area (Å²) in [5, 5.41) is 8.99. The van der Waals surface area contributed by atoms with Gasteiger partial charge in [0.15, 0.2) is 0 Å². The summed E-state index contributed by atoms with van der Waals surface area (Å²) in [6, 6.07) is 2.56. The van der Waals surface area contributed by atoms with Crippen molar-refractivity contribution in [3.8, 4) is 6.07 Å². The molecule has 4 fully saturated rings. The lowest BCUT2D eigenvalue weighted by Crippen LogP contribution is -2.15. The molecule has 10 heavy (non-hydrogen) atoms. The minimum Gasteiger partial charge on any atom is -0.198 e. The molecule has 0 saturated heterocycles. The lowest BCUT2D eigenvalue weighted by molar-refractivity contribution is 0.343. The zero-order chi connectivity index (χ0) is 6.77. The van der Waals surface area contributed by atoms with E-state index >= 15 is 0 Å². The quantitative estimate of drug-likeness (QED) is 0.495. The van der Waals surface area contributed by atoms with Gasteiger partial charge in [0.25, 0.3) is 0 Å². The summed E-state index contributed by atoms with van der Waals surface area (Å²) < 4.78 is 0. The van der Waals surface area contributed by atoms with Crippen LogP contribution in [0.5, 0.6) is 0 Å². The molecule has 4 saturated carbocycles. The molecule has 52 valence electrons. The number of rotatable bonds is 0. The molecule has 0 amide bonds. The van der Waals surface area contributed by atoms with Crippen LogP contribution in [0.1, 0.15) is 25.7 Å². The van der Waals surface area contributed by atoms with Crippen LogP contribution < -0.4 is 0 Å². The highest BCUT2D eigenvalue weighted by Gasteiger charge is 2.63. The smallest absolute Gasteiger partial charge is 0.0692 e. The van der Waals surface area contributed by atoms with Gasteiger partial charge in [-0.3, -0.25) is 0 Å². The standard InChI is InChI=1S/C9H11N/c10-5-9-3-6-1-8(9)2-7(6)4-9/h6-8H,1-4H2. The second-order valence-corrected chi connectivity index (χ2v) is 4.36. The molecule has 4 rings (SSSR count). The molecule has 2 unspecified atom stereocenters. The van der Waals surface area contributed by atoms with E-state index in [1.165, 1.54) is 25.7 Å². The van der Waals surface area contributed by atoms with Gasteiger partial charge < -0.3 is 0 Å². The van der Waals surface area contributed by atoms with Crippen molar-refractivity contribution in [3.05, 3.63) is 0 Å². The molecule has 0 heterocycles. The summed E-state index contributed by atoms with van der Waals surface area (Å²) in [5.41, 5.74) is 0.190. The van der Waals surface area contributed by atoms with E-state index in [1.807, 2.05) is 0 Å². The lowest BCUT2D eigenvalue weighted by Gasteiger charge is -2.18. The summed E-state index contributed by atoms with van der Waals surface area (Å²) in [6.07, 6.45) is 5.27. The minimum absolute atomic E-state index is 0.190. The maximum Gasteiger partial charge on any atom is 0.0692 e. The van der Waals surface area contributed by atoms with Crippen molar-refractivity contribution in [2.24, 2.45) is 23.2 Å². The third-order valence-electron chi connectivity index (χ3n) is 4.10. The van der Waals surface area contributed by atoms with Gasteiger partial charge in [-0.05, 0) is 43.4 Å². The van der Waals surface area contributed by atoms with E-state index in [-0.39, 0.29) is 5.41 Å². The normalized spacial score (nSPS) is 61.7. The Balaban J connectivity index is 2.13. The SMILES string of the molecule is N#CC12CC3CC1CC3C2. The van der Waals surface area contributed by atoms with Crippen molar-refractivity contribution in [2.45, 2.75) is 25.7 Å². The second kappa shape index (κ2) is 1.25. The fourth-order valence-corrected chi connectivity index (χ4v) is 3.70. The van der Waals surface area contributed by atoms with Gasteiger partial charge in [-0.15, -0.1) is 0 Å². The highest BCUT2D eigenvalue weighted by molar-refractivity contribution is 5.20. The first-order chi connectivity index (χ1) is 4.84. The van der Waals surface area contributed by atoms with Gasteiger partial charge in [0.2, 0.25) is 0 Å². The van der Waals surface area contributed by atoms with Crippen molar-refractivity contribution in [1.29, 1.82) is 5.26 Å². The minimum atomic E-state index is 0.190. The van der Waals surface area contributed by atoms with E-state index in [0.717, 1.165) is 17.8 Å². The van der Waals surface area contributed by atoms with Gasteiger partial charge in [-0.1, -0.05) is 0 Å². The topological polar surface area (TPSA) is 23.8 Å². The largest absolute Gasteiger partial charge is 0.198 e. The number of hydrogen-bond acceptors (Lipinski definition) is 1. The Morgan fingerprint density at radius 2 is 1.80 bits per heavy atom. The average Bonchev–Trinajstić information content (AvgIpc) is 2.53. The van der Waals surface area contributed by atoms with Gasteiger partial charge in [0, 0.05) is 0 Å². The van der Waals surface area contributed by atoms with Crippen molar-refractivity contribution in [3.63, 3.8) is 0 Å². The van der Waals surface area contributed by atoms with Crippen LogP contribution in [-0.2, 0) is 0 Å². The van der Waals surface area contributed by atoms with E-state index < -0.39 is 0 Å². The predicted octanol–water partition coefficient (Wildman–Crippen LogP) is 1.95. The predicted molar refractivity (Wildman–Crippen MR) is 37.0 cm³/mol. The molecule has 0 aromatic rings. The van der Waals surface area contributed by atoms with Crippen LogP contribution in [0.15, 0.2) is 0 Å². The molecule has 0 spiro atoms. The Morgan fingerprint density at radius 1 is 1.20 bits per heavy atom. The molecule has 2 atom stereocenters. The molecule has 0 N–H and O–H groups in total. The molecular weight excluding hydrogens is 122 g/mol. The van der Waals surface area contributed by atoms with Crippen LogP contribution in [0.3, 0.4) is 0 Å². The summed E-state index contributed by atoms with van der Waals surface area (Å²) in [4.78, 5) is 0. The van der Waals surface area contributed by atoms with Crippen LogP contribution in [0, 0.1) is 34.5 Å². The summed E-state index contributed by atoms with van der Waals surface area (Å²) in [5.74, 6) is 2.74. The van der Waals surface area contributed by atoms with Gasteiger partial charge in [0.05, 0.1) is 11.5 Å². The first-order valence-corrected chi connectivity index (χ1v) is 4.25. The van der Waals surface area contributed by atoms with Crippen molar-refractivity contribution < 1.29 is 0 Å². The monoisotopic (exact) mass is 133 g/mol. The molecule has 4 aliphatic carbocycles. The molecule has 0 aliphatic heterocycles. The maximum absolute atomic E-state index is 8.99. The molecule has 1 heteroatoms. The van der Waals surface area contributed by atoms with Gasteiger partial charge >= 0.3 is 0 Å². The van der Waals surface area contributed by atoms with Crippen LogP contribution in [-0.4, -0.2) is 0 Å². The Bertz CT molecular complexity index is 211. The van der Waals surface area contributed by atoms with Crippen molar-refractivity contribution in [2.75, 3.05) is 0 Å². The second-order valence-electron chi connectivity index (χ2n) is 4.36. The van der Waals surface area contributed by atoms with E-state index in [0.29, 0.717) is 0 Å². The van der Waals surface area contributed by atoms with Gasteiger partial charge in [-0.25, -0.2) is 0 Å². The lowest BCUT2D eigenvalue weighted by atomic mass is 9.83. The zero-order valence-corrected chi connectivity index (χ0v) is 6.01. The molecule has 4 bridgehead atoms. The molecule has 1 nitrogen and oxygen atoms in total. The highest BCUT2D eigenvalue weighted by atomic mass is 14.7. The van der Waals surface area contributed by atoms with E-state index in [1.54, 1.807) is 0 Å². The highest BCUT2D eigenvalue weighted by Crippen LogP contribution is 2.69. The fourth-order valence-electron chi connectivity index (χ4n) is 3.70. The number of nitriles is 1. The molecule has 0 aromatic carbocycles. The average molecular weight is 133 g/mol. The van der Waals surface area contributed by atoms with E-state index in [4.69, 9.17) is 5.26 Å². The Kier molecular flexibility index (Phi) is 0.650. The fraction of sp³-hybridized carbons (Fsp3) is 0.889. The van der Waals surface area contributed by atoms with E-state index in [9.17, 15) is 0 Å². The third-order valence-corrected chi connectivity index (χ3v) is 4.10. The van der Waals surface area contributed by atoms with Crippen molar-refractivity contribution >= 4 is 0 Å². The van der Waals surface area contributed by atoms with Crippen LogP contribution in [0.25, 0.3) is 0 Å². The van der Waals surface area contributed by atoms with Crippen LogP contribution in [0.4, 0.5) is 0 Å². The molecule has 0 radical (unpaired) electrons. The van der Waals surface area contributed by atoms with Gasteiger partial charge in [0.1, 0.15) is 0 Å². The summed E-state index contributed by atoms with van der Waals surface area (Å²) >= 11 is 0. The molecule has 4 aliphatic rings. The first kappa shape index (κ1) is 5.18. The summed E-state index contributed by atoms with van der Waals surface area (Å²) in [7, 11) is 0. The summed E-state index contributed by atoms with van der Waals surface area (Å²) in [6.45, 7) is 0. The Morgan fingerprint density at radius 3 is 2.00 bits per heavy atom. The van der Waals surface area contributed by atoms with Gasteiger partial charge in [-0.2, -0.15) is 5.26 Å².